The second-order valence-electron chi connectivity index (χ2n) is 4.01. The molecule has 0 aliphatic rings. The third kappa shape index (κ3) is 2.75. The summed E-state index contributed by atoms with van der Waals surface area (Å²) in [7, 11) is 0. The smallest absolute Gasteiger partial charge is 0.244 e. The van der Waals surface area contributed by atoms with Crippen LogP contribution in [0.3, 0.4) is 0 Å². The van der Waals surface area contributed by atoms with Gasteiger partial charge in [-0.3, -0.25) is 4.79 Å². The van der Waals surface area contributed by atoms with Crippen molar-refractivity contribution in [3.8, 4) is 0 Å². The summed E-state index contributed by atoms with van der Waals surface area (Å²) in [4.78, 5) is 16.0. The number of nitrogens with two attached hydrogens (primary N) is 1. The Kier molecular flexibility index (Phi) is 3.74. The Bertz CT molecular complexity index is 547. The summed E-state index contributed by atoms with van der Waals surface area (Å²) in [6.45, 7) is 2.52. The number of imidazole rings is 1. The van der Waals surface area contributed by atoms with E-state index in [0.717, 1.165) is 17.1 Å². The molecule has 0 fully saturated rings. The highest BCUT2D eigenvalue weighted by atomic mass is 16.1. The van der Waals surface area contributed by atoms with Crippen LogP contribution in [0.2, 0.25) is 0 Å². The number of aryl methyl sites for hydroxylation is 1. The van der Waals surface area contributed by atoms with Crippen LogP contribution in [0.4, 0.5) is 5.69 Å². The molecule has 1 aromatic carbocycles. The first-order valence-electron chi connectivity index (χ1n) is 5.76. The Morgan fingerprint density at radius 2 is 2.22 bits per heavy atom. The molecule has 18 heavy (non-hydrogen) atoms. The summed E-state index contributed by atoms with van der Waals surface area (Å²) in [5.74, 6) is 0.731. The quantitative estimate of drug-likeness (QED) is 0.851. The summed E-state index contributed by atoms with van der Waals surface area (Å²) in [5, 5.41) is 2.86. The number of benzene rings is 1. The molecule has 5 nitrogen and oxygen atoms in total. The van der Waals surface area contributed by atoms with Gasteiger partial charge in [0.05, 0.1) is 0 Å². The molecule has 1 heterocycles. The zero-order valence-corrected chi connectivity index (χ0v) is 10.3. The molecule has 0 spiro atoms. The number of para-hydroxylation sites is 1. The number of carbonyl (C=O) groups is 1. The molecule has 0 bridgehead atoms. The van der Waals surface area contributed by atoms with Gasteiger partial charge in [0.15, 0.2) is 0 Å². The van der Waals surface area contributed by atoms with Crippen molar-refractivity contribution in [2.45, 2.75) is 20.0 Å². The van der Waals surface area contributed by atoms with Gasteiger partial charge in [-0.15, -0.1) is 0 Å². The molecule has 2 rings (SSSR count). The van der Waals surface area contributed by atoms with E-state index in [1.54, 1.807) is 17.0 Å². The van der Waals surface area contributed by atoms with Crippen molar-refractivity contribution in [2.24, 2.45) is 5.73 Å². The van der Waals surface area contributed by atoms with E-state index in [9.17, 15) is 4.79 Å². The number of nitrogens with zero attached hydrogens (tertiary/aromatic N) is 2. The van der Waals surface area contributed by atoms with Gasteiger partial charge in [0.2, 0.25) is 5.91 Å². The van der Waals surface area contributed by atoms with Crippen LogP contribution in [0.15, 0.2) is 36.7 Å². The minimum Gasteiger partial charge on any atom is -0.326 e. The van der Waals surface area contributed by atoms with Gasteiger partial charge in [0, 0.05) is 24.6 Å². The fourth-order valence-electron chi connectivity index (χ4n) is 1.74. The maximum absolute atomic E-state index is 11.9. The Morgan fingerprint density at radius 3 is 2.89 bits per heavy atom. The van der Waals surface area contributed by atoms with E-state index in [0.29, 0.717) is 6.54 Å². The third-order valence-corrected chi connectivity index (χ3v) is 2.75. The van der Waals surface area contributed by atoms with E-state index in [2.05, 4.69) is 10.3 Å². The van der Waals surface area contributed by atoms with Crippen LogP contribution in [0, 0.1) is 6.92 Å². The molecule has 0 atom stereocenters. The minimum atomic E-state index is -0.0861. The highest BCUT2D eigenvalue weighted by molar-refractivity contribution is 5.91. The van der Waals surface area contributed by atoms with Gasteiger partial charge in [-0.1, -0.05) is 18.2 Å². The monoisotopic (exact) mass is 244 g/mol. The molecule has 0 aliphatic heterocycles. The fourth-order valence-corrected chi connectivity index (χ4v) is 1.74. The Labute approximate surface area is 106 Å². The molecule has 0 aliphatic carbocycles. The number of carbonyl (C=O) groups excluding carboxylic acids is 1. The summed E-state index contributed by atoms with van der Waals surface area (Å²) >= 11 is 0. The number of rotatable bonds is 4. The van der Waals surface area contributed by atoms with Gasteiger partial charge < -0.3 is 15.6 Å². The molecule has 1 amide bonds. The van der Waals surface area contributed by atoms with Gasteiger partial charge in [0.1, 0.15) is 12.4 Å². The molecule has 1 aromatic heterocycles. The summed E-state index contributed by atoms with van der Waals surface area (Å²) < 4.78 is 1.79. The van der Waals surface area contributed by atoms with Crippen LogP contribution < -0.4 is 11.1 Å². The number of hydrogen-bond acceptors (Lipinski definition) is 3. The lowest BCUT2D eigenvalue weighted by atomic mass is 10.2. The molecule has 3 N–H and O–H groups in total. The second kappa shape index (κ2) is 5.46. The highest BCUT2D eigenvalue weighted by Gasteiger charge is 2.07. The van der Waals surface area contributed by atoms with Crippen LogP contribution in [0.1, 0.15) is 11.4 Å². The Balaban J connectivity index is 2.05. The van der Waals surface area contributed by atoms with Crippen LogP contribution in [0.5, 0.6) is 0 Å². The molecule has 0 saturated heterocycles. The molecular weight excluding hydrogens is 228 g/mol. The molecule has 94 valence electrons. The predicted octanol–water partition coefficient (Wildman–Crippen LogP) is 1.29. The van der Waals surface area contributed by atoms with E-state index < -0.39 is 0 Å². The van der Waals surface area contributed by atoms with Crippen molar-refractivity contribution < 1.29 is 4.79 Å². The SMILES string of the molecule is Cc1nccn1CC(=O)Nc1ccccc1CN. The normalized spacial score (nSPS) is 10.3. The fraction of sp³-hybridized carbons (Fsp3) is 0.231. The van der Waals surface area contributed by atoms with Crippen LogP contribution in [-0.4, -0.2) is 15.5 Å². The zero-order chi connectivity index (χ0) is 13.0. The van der Waals surface area contributed by atoms with Gasteiger partial charge >= 0.3 is 0 Å². The van der Waals surface area contributed by atoms with Crippen molar-refractivity contribution in [3.05, 3.63) is 48.0 Å². The maximum atomic E-state index is 11.9. The summed E-state index contributed by atoms with van der Waals surface area (Å²) in [6, 6.07) is 7.52. The number of amides is 1. The molecule has 0 saturated carbocycles. The van der Waals surface area contributed by atoms with Crippen LogP contribution in [-0.2, 0) is 17.9 Å². The van der Waals surface area contributed by atoms with Gasteiger partial charge in [-0.05, 0) is 18.6 Å². The van der Waals surface area contributed by atoms with Crippen molar-refractivity contribution in [1.82, 2.24) is 9.55 Å². The lowest BCUT2D eigenvalue weighted by Crippen LogP contribution is -2.20. The lowest BCUT2D eigenvalue weighted by Gasteiger charge is -2.10. The van der Waals surface area contributed by atoms with Gasteiger partial charge in [0.25, 0.3) is 0 Å². The zero-order valence-electron chi connectivity index (χ0n) is 10.3. The average Bonchev–Trinajstić information content (AvgIpc) is 2.75. The number of aromatic nitrogens is 2. The third-order valence-electron chi connectivity index (χ3n) is 2.75. The van der Waals surface area contributed by atoms with Crippen LogP contribution >= 0.6 is 0 Å². The van der Waals surface area contributed by atoms with E-state index in [-0.39, 0.29) is 12.5 Å². The average molecular weight is 244 g/mol. The van der Waals surface area contributed by atoms with Crippen LogP contribution in [0.25, 0.3) is 0 Å². The van der Waals surface area contributed by atoms with Crippen molar-refractivity contribution in [2.75, 3.05) is 5.32 Å². The first kappa shape index (κ1) is 12.3. The molecule has 0 unspecified atom stereocenters. The van der Waals surface area contributed by atoms with Crippen molar-refractivity contribution in [1.29, 1.82) is 0 Å². The van der Waals surface area contributed by atoms with E-state index in [1.165, 1.54) is 0 Å². The summed E-state index contributed by atoms with van der Waals surface area (Å²) in [6.07, 6.45) is 3.46. The topological polar surface area (TPSA) is 72.9 Å². The Morgan fingerprint density at radius 1 is 1.44 bits per heavy atom. The molecule has 5 heteroatoms. The molecular formula is C13H16N4O. The molecule has 2 aromatic rings. The number of anilines is 1. The second-order valence-corrected chi connectivity index (χ2v) is 4.01. The van der Waals surface area contributed by atoms with E-state index in [1.807, 2.05) is 31.2 Å². The number of nitrogens with one attached hydrogen (secondary N) is 1. The summed E-state index contributed by atoms with van der Waals surface area (Å²) in [5.41, 5.74) is 7.31. The van der Waals surface area contributed by atoms with Gasteiger partial charge in [-0.2, -0.15) is 0 Å². The standard InChI is InChI=1S/C13H16N4O/c1-10-15-6-7-17(10)9-13(18)16-12-5-3-2-4-11(12)8-14/h2-7H,8-9,14H2,1H3,(H,16,18). The Hall–Kier alpha value is -2.14. The minimum absolute atomic E-state index is 0.0861. The van der Waals surface area contributed by atoms with Gasteiger partial charge in [-0.25, -0.2) is 4.98 Å². The van der Waals surface area contributed by atoms with Crippen molar-refractivity contribution in [3.63, 3.8) is 0 Å². The highest BCUT2D eigenvalue weighted by Crippen LogP contribution is 2.14. The van der Waals surface area contributed by atoms with Crippen molar-refractivity contribution >= 4 is 11.6 Å². The van der Waals surface area contributed by atoms with E-state index in [4.69, 9.17) is 5.73 Å². The molecule has 0 radical (unpaired) electrons. The first-order valence-corrected chi connectivity index (χ1v) is 5.76. The first-order chi connectivity index (χ1) is 8.70. The lowest BCUT2D eigenvalue weighted by molar-refractivity contribution is -0.116. The number of hydrogen-bond donors (Lipinski definition) is 2. The largest absolute Gasteiger partial charge is 0.326 e. The predicted molar refractivity (Wildman–Crippen MR) is 69.9 cm³/mol. The van der Waals surface area contributed by atoms with E-state index >= 15 is 0 Å². The maximum Gasteiger partial charge on any atom is 0.244 e.